The molecule has 0 aliphatic carbocycles. The number of nitrogens with one attached hydrogen (secondary N) is 1. The lowest BCUT2D eigenvalue weighted by molar-refractivity contribution is -0.116. The van der Waals surface area contributed by atoms with Crippen molar-refractivity contribution >= 4 is 5.91 Å². The molecular formula is C38H28N4O7. The van der Waals surface area contributed by atoms with Gasteiger partial charge in [0, 0.05) is 51.6 Å². The third kappa shape index (κ3) is 6.96. The minimum Gasteiger partial charge on any atom is -0.508 e. The molecule has 242 valence electrons. The van der Waals surface area contributed by atoms with Gasteiger partial charge in [-0.2, -0.15) is 0 Å². The second kappa shape index (κ2) is 13.5. The normalized spacial score (nSPS) is 10.9. The van der Waals surface area contributed by atoms with Crippen LogP contribution in [0.4, 0.5) is 0 Å². The molecule has 7 aromatic rings. The van der Waals surface area contributed by atoms with Crippen molar-refractivity contribution in [3.63, 3.8) is 0 Å². The van der Waals surface area contributed by atoms with E-state index >= 15 is 0 Å². The first kappa shape index (κ1) is 30.8. The topological polar surface area (TPSA) is 157 Å². The molecule has 0 unspecified atom stereocenters. The Morgan fingerprint density at radius 2 is 1.00 bits per heavy atom. The van der Waals surface area contributed by atoms with Crippen molar-refractivity contribution in [2.75, 3.05) is 13.2 Å². The van der Waals surface area contributed by atoms with Crippen LogP contribution in [0, 0.1) is 0 Å². The molecule has 0 aliphatic heterocycles. The summed E-state index contributed by atoms with van der Waals surface area (Å²) in [4.78, 5) is 11.3. The fourth-order valence-electron chi connectivity index (χ4n) is 5.10. The van der Waals surface area contributed by atoms with Gasteiger partial charge in [-0.25, -0.2) is 0 Å². The molecule has 0 aliphatic rings. The quantitative estimate of drug-likeness (QED) is 0.0932. The van der Waals surface area contributed by atoms with Gasteiger partial charge in [-0.3, -0.25) is 4.79 Å². The summed E-state index contributed by atoms with van der Waals surface area (Å²) >= 11 is 0. The van der Waals surface area contributed by atoms with E-state index in [2.05, 4.69) is 27.4 Å². The number of benzene rings is 4. The smallest absolute Gasteiger partial charge is 0.243 e. The fourth-order valence-corrected chi connectivity index (χ4v) is 5.10. The summed E-state index contributed by atoms with van der Waals surface area (Å²) in [6.07, 6.45) is 1.21. The van der Waals surface area contributed by atoms with Crippen molar-refractivity contribution in [2.24, 2.45) is 0 Å². The van der Waals surface area contributed by atoms with Gasteiger partial charge in [0.05, 0.1) is 6.54 Å². The van der Waals surface area contributed by atoms with Gasteiger partial charge in [-0.05, 0) is 97.1 Å². The second-order valence-electron chi connectivity index (χ2n) is 11.0. The van der Waals surface area contributed by atoms with Gasteiger partial charge in [0.25, 0.3) is 0 Å². The minimum atomic E-state index is -0.252. The monoisotopic (exact) mass is 652 g/mol. The number of carbonyl (C=O) groups is 1. The van der Waals surface area contributed by atoms with E-state index in [4.69, 9.17) is 18.3 Å². The number of rotatable bonds is 11. The van der Waals surface area contributed by atoms with Crippen LogP contribution in [0.5, 0.6) is 17.2 Å². The summed E-state index contributed by atoms with van der Waals surface area (Å²) in [5.41, 5.74) is 6.34. The van der Waals surface area contributed by atoms with Gasteiger partial charge in [-0.15, -0.1) is 0 Å². The van der Waals surface area contributed by atoms with Crippen molar-refractivity contribution in [3.8, 4) is 85.0 Å². The summed E-state index contributed by atoms with van der Waals surface area (Å²) in [7, 11) is 0. The summed E-state index contributed by atoms with van der Waals surface area (Å²) in [6.45, 7) is 4.10. The molecule has 49 heavy (non-hydrogen) atoms. The Morgan fingerprint density at radius 3 is 1.39 bits per heavy atom. The lowest BCUT2D eigenvalue weighted by atomic mass is 9.99. The van der Waals surface area contributed by atoms with E-state index in [1.165, 1.54) is 6.08 Å². The average Bonchev–Trinajstić information content (AvgIpc) is 3.93. The molecule has 0 fully saturated rings. The summed E-state index contributed by atoms with van der Waals surface area (Å²) in [5, 5.41) is 34.9. The predicted molar refractivity (Wildman–Crippen MR) is 181 cm³/mol. The fraction of sp³-hybridized carbons (Fsp3) is 0.0526. The number of phenols is 2. The maximum Gasteiger partial charge on any atom is 0.243 e. The molecule has 0 spiro atoms. The van der Waals surface area contributed by atoms with Crippen LogP contribution in [-0.2, 0) is 4.79 Å². The highest BCUT2D eigenvalue weighted by Gasteiger charge is 2.18. The zero-order chi connectivity index (χ0) is 33.7. The Bertz CT molecular complexity index is 2130. The number of hydrogen-bond acceptors (Lipinski definition) is 10. The van der Waals surface area contributed by atoms with E-state index in [-0.39, 0.29) is 17.4 Å². The third-order valence-electron chi connectivity index (χ3n) is 7.65. The number of aromatic nitrogens is 3. The first-order valence-electron chi connectivity index (χ1n) is 15.2. The Morgan fingerprint density at radius 1 is 0.612 bits per heavy atom. The average molecular weight is 653 g/mol. The van der Waals surface area contributed by atoms with Crippen LogP contribution >= 0.6 is 0 Å². The maximum atomic E-state index is 11.3. The third-order valence-corrected chi connectivity index (χ3v) is 7.65. The van der Waals surface area contributed by atoms with Crippen LogP contribution < -0.4 is 10.1 Å². The van der Waals surface area contributed by atoms with Crippen LogP contribution in [0.1, 0.15) is 0 Å². The van der Waals surface area contributed by atoms with Gasteiger partial charge < -0.3 is 33.8 Å². The van der Waals surface area contributed by atoms with Crippen LogP contribution in [0.3, 0.4) is 0 Å². The molecule has 11 heteroatoms. The molecule has 11 nitrogen and oxygen atoms in total. The van der Waals surface area contributed by atoms with Crippen molar-refractivity contribution in [1.29, 1.82) is 0 Å². The largest absolute Gasteiger partial charge is 0.508 e. The first-order chi connectivity index (χ1) is 23.9. The van der Waals surface area contributed by atoms with E-state index in [0.717, 1.165) is 16.7 Å². The van der Waals surface area contributed by atoms with Crippen molar-refractivity contribution in [2.45, 2.75) is 0 Å². The highest BCUT2D eigenvalue weighted by Crippen LogP contribution is 2.37. The molecule has 0 atom stereocenters. The van der Waals surface area contributed by atoms with E-state index in [1.54, 1.807) is 48.5 Å². The molecule has 0 radical (unpaired) electrons. The summed E-state index contributed by atoms with van der Waals surface area (Å²) in [6, 6.07) is 32.0. The number of ether oxygens (including phenoxy) is 1. The molecule has 7 rings (SSSR count). The molecule has 0 bridgehead atoms. The van der Waals surface area contributed by atoms with E-state index in [9.17, 15) is 15.0 Å². The van der Waals surface area contributed by atoms with Crippen LogP contribution in [-0.4, -0.2) is 44.7 Å². The van der Waals surface area contributed by atoms with Crippen LogP contribution in [0.15, 0.2) is 135 Å². The van der Waals surface area contributed by atoms with Gasteiger partial charge in [0.2, 0.25) is 5.91 Å². The van der Waals surface area contributed by atoms with E-state index in [0.29, 0.717) is 70.0 Å². The molecule has 3 aromatic heterocycles. The lowest BCUT2D eigenvalue weighted by Crippen LogP contribution is -2.26. The lowest BCUT2D eigenvalue weighted by Gasteiger charge is -2.07. The summed E-state index contributed by atoms with van der Waals surface area (Å²) < 4.78 is 23.1. The Balaban J connectivity index is 1.19. The molecular weight excluding hydrogens is 624 g/mol. The van der Waals surface area contributed by atoms with Gasteiger partial charge in [0.15, 0.2) is 17.3 Å². The maximum absolute atomic E-state index is 11.3. The zero-order valence-electron chi connectivity index (χ0n) is 25.9. The zero-order valence-corrected chi connectivity index (χ0v) is 25.9. The molecule has 3 heterocycles. The Hall–Kier alpha value is -6.88. The van der Waals surface area contributed by atoms with Crippen LogP contribution in [0.25, 0.3) is 67.7 Å². The molecule has 3 N–H and O–H groups in total. The summed E-state index contributed by atoms with van der Waals surface area (Å²) in [5.74, 6) is 2.23. The van der Waals surface area contributed by atoms with Crippen molar-refractivity contribution in [1.82, 2.24) is 20.8 Å². The van der Waals surface area contributed by atoms with E-state index < -0.39 is 0 Å². The van der Waals surface area contributed by atoms with Gasteiger partial charge in [-0.1, -0.05) is 22.0 Å². The number of amides is 1. The first-order valence-corrected chi connectivity index (χ1v) is 15.2. The molecule has 1 amide bonds. The SMILES string of the molecule is C=CC(=O)NCCOc1ccc(-c2cc(-c3cc(-c4cc(-c5ccc(O)cc5)no4)cc(-c4cc(-c5ccc(O)cc5)no4)c3)on2)cc1. The van der Waals surface area contributed by atoms with E-state index in [1.807, 2.05) is 60.7 Å². The predicted octanol–water partition coefficient (Wildman–Crippen LogP) is 7.74. The molecule has 0 saturated carbocycles. The standard InChI is InChI=1S/C38H28N4O7/c1-2-38(45)39-15-16-46-31-13-7-25(8-14-31)34-22-37(49-42-34)28-18-26(35-20-32(40-47-35)23-3-9-29(43)10-4-23)17-27(19-28)36-21-33(41-48-36)24-5-11-30(44)12-6-24/h2-14,17-22,43-44H,1,15-16H2,(H,39,45). The number of hydrogen-bond donors (Lipinski definition) is 3. The minimum absolute atomic E-state index is 0.158. The second-order valence-corrected chi connectivity index (χ2v) is 11.0. The number of nitrogens with zero attached hydrogens (tertiary/aromatic N) is 3. The highest BCUT2D eigenvalue weighted by atomic mass is 16.5. The highest BCUT2D eigenvalue weighted by molar-refractivity contribution is 5.86. The van der Waals surface area contributed by atoms with Crippen molar-refractivity contribution in [3.05, 3.63) is 122 Å². The van der Waals surface area contributed by atoms with Gasteiger partial charge >= 0.3 is 0 Å². The number of phenolic OH excluding ortho intramolecular Hbond substituents is 2. The number of carbonyl (C=O) groups excluding carboxylic acids is 1. The van der Waals surface area contributed by atoms with Crippen molar-refractivity contribution < 1.29 is 33.3 Å². The van der Waals surface area contributed by atoms with Gasteiger partial charge in [0.1, 0.15) is 40.9 Å². The Kier molecular flexibility index (Phi) is 8.45. The van der Waals surface area contributed by atoms with Crippen LogP contribution in [0.2, 0.25) is 0 Å². The number of aromatic hydroxyl groups is 2. The Labute approximate surface area is 279 Å². The molecule has 0 saturated heterocycles. The molecule has 4 aromatic carbocycles.